The number of rotatable bonds is 6. The van der Waals surface area contributed by atoms with Crippen LogP contribution in [0.15, 0.2) is 46.9 Å². The first-order chi connectivity index (χ1) is 10.1. The molecule has 2 rings (SSSR count). The van der Waals surface area contributed by atoms with Crippen molar-refractivity contribution in [2.45, 2.75) is 19.7 Å². The van der Waals surface area contributed by atoms with Crippen molar-refractivity contribution in [2.24, 2.45) is 0 Å². The van der Waals surface area contributed by atoms with Crippen molar-refractivity contribution in [3.05, 3.63) is 69.2 Å². The fourth-order valence-corrected chi connectivity index (χ4v) is 2.52. The predicted octanol–water partition coefficient (Wildman–Crippen LogP) is 2.93. The molecule has 110 valence electrons. The van der Waals surface area contributed by atoms with E-state index >= 15 is 0 Å². The van der Waals surface area contributed by atoms with E-state index in [1.807, 2.05) is 24.3 Å². The highest BCUT2D eigenvalue weighted by Crippen LogP contribution is 2.19. The number of halogens is 1. The SMILES string of the molecule is O=C(O)c1ccc(CNCc2cccc(CO)c2)c(Br)c1. The van der Waals surface area contributed by atoms with Gasteiger partial charge in [0.2, 0.25) is 0 Å². The highest BCUT2D eigenvalue weighted by molar-refractivity contribution is 9.10. The van der Waals surface area contributed by atoms with Gasteiger partial charge in [0.15, 0.2) is 0 Å². The lowest BCUT2D eigenvalue weighted by Gasteiger charge is -2.08. The van der Waals surface area contributed by atoms with E-state index < -0.39 is 5.97 Å². The summed E-state index contributed by atoms with van der Waals surface area (Å²) in [5.41, 5.74) is 3.25. The van der Waals surface area contributed by atoms with Crippen molar-refractivity contribution in [2.75, 3.05) is 0 Å². The molecule has 3 N–H and O–H groups in total. The Hall–Kier alpha value is -1.69. The lowest BCUT2D eigenvalue weighted by Crippen LogP contribution is -2.13. The number of carboxylic acid groups (broad SMARTS) is 1. The van der Waals surface area contributed by atoms with Crippen LogP contribution in [-0.4, -0.2) is 16.2 Å². The lowest BCUT2D eigenvalue weighted by atomic mass is 10.1. The average Bonchev–Trinajstić information content (AvgIpc) is 2.49. The van der Waals surface area contributed by atoms with Crippen molar-refractivity contribution in [1.82, 2.24) is 5.32 Å². The monoisotopic (exact) mass is 349 g/mol. The molecular weight excluding hydrogens is 334 g/mol. The summed E-state index contributed by atoms with van der Waals surface area (Å²) in [5, 5.41) is 21.3. The molecular formula is C16H16BrNO3. The molecule has 0 aromatic heterocycles. The van der Waals surface area contributed by atoms with Gasteiger partial charge in [0.05, 0.1) is 12.2 Å². The maximum absolute atomic E-state index is 10.9. The minimum atomic E-state index is -0.934. The largest absolute Gasteiger partial charge is 0.478 e. The number of nitrogens with one attached hydrogen (secondary N) is 1. The smallest absolute Gasteiger partial charge is 0.335 e. The van der Waals surface area contributed by atoms with Crippen LogP contribution in [0.25, 0.3) is 0 Å². The number of carbonyl (C=O) groups is 1. The van der Waals surface area contributed by atoms with Crippen LogP contribution in [0.3, 0.4) is 0 Å². The van der Waals surface area contributed by atoms with E-state index in [4.69, 9.17) is 10.2 Å². The molecule has 0 aliphatic rings. The molecule has 0 saturated carbocycles. The van der Waals surface area contributed by atoms with Crippen molar-refractivity contribution in [3.63, 3.8) is 0 Å². The molecule has 0 heterocycles. The topological polar surface area (TPSA) is 69.6 Å². The van der Waals surface area contributed by atoms with Gasteiger partial charge in [0.25, 0.3) is 0 Å². The third-order valence-electron chi connectivity index (χ3n) is 3.12. The van der Waals surface area contributed by atoms with Crippen LogP contribution in [0.1, 0.15) is 27.0 Å². The molecule has 0 atom stereocenters. The van der Waals surface area contributed by atoms with Crippen LogP contribution < -0.4 is 5.32 Å². The normalized spacial score (nSPS) is 10.6. The molecule has 0 saturated heterocycles. The molecule has 4 nitrogen and oxygen atoms in total. The van der Waals surface area contributed by atoms with Crippen molar-refractivity contribution < 1.29 is 15.0 Å². The van der Waals surface area contributed by atoms with Crippen LogP contribution in [0.4, 0.5) is 0 Å². The molecule has 0 bridgehead atoms. The highest BCUT2D eigenvalue weighted by atomic mass is 79.9. The Morgan fingerprint density at radius 3 is 2.52 bits per heavy atom. The van der Waals surface area contributed by atoms with Gasteiger partial charge in [-0.15, -0.1) is 0 Å². The van der Waals surface area contributed by atoms with E-state index in [-0.39, 0.29) is 12.2 Å². The number of hydrogen-bond acceptors (Lipinski definition) is 3. The number of carboxylic acids is 1. The number of benzene rings is 2. The molecule has 21 heavy (non-hydrogen) atoms. The van der Waals surface area contributed by atoms with Gasteiger partial charge in [-0.2, -0.15) is 0 Å². The van der Waals surface area contributed by atoms with Crippen LogP contribution in [0.2, 0.25) is 0 Å². The van der Waals surface area contributed by atoms with Crippen LogP contribution >= 0.6 is 15.9 Å². The fraction of sp³-hybridized carbons (Fsp3) is 0.188. The lowest BCUT2D eigenvalue weighted by molar-refractivity contribution is 0.0697. The first kappa shape index (κ1) is 15.7. The first-order valence-electron chi connectivity index (χ1n) is 6.51. The van der Waals surface area contributed by atoms with Gasteiger partial charge in [-0.1, -0.05) is 46.3 Å². The van der Waals surface area contributed by atoms with Gasteiger partial charge in [0.1, 0.15) is 0 Å². The van der Waals surface area contributed by atoms with E-state index in [0.717, 1.165) is 21.2 Å². The molecule has 0 aliphatic carbocycles. The third kappa shape index (κ3) is 4.39. The van der Waals surface area contributed by atoms with E-state index in [1.165, 1.54) is 0 Å². The maximum atomic E-state index is 10.9. The Morgan fingerprint density at radius 1 is 1.10 bits per heavy atom. The second kappa shape index (κ2) is 7.36. The van der Waals surface area contributed by atoms with E-state index in [2.05, 4.69) is 21.2 Å². The third-order valence-corrected chi connectivity index (χ3v) is 3.86. The predicted molar refractivity (Wildman–Crippen MR) is 84.0 cm³/mol. The summed E-state index contributed by atoms with van der Waals surface area (Å²) in [4.78, 5) is 10.9. The summed E-state index contributed by atoms with van der Waals surface area (Å²) < 4.78 is 0.777. The molecule has 0 unspecified atom stereocenters. The summed E-state index contributed by atoms with van der Waals surface area (Å²) in [6, 6.07) is 12.7. The highest BCUT2D eigenvalue weighted by Gasteiger charge is 2.06. The van der Waals surface area contributed by atoms with Gasteiger partial charge in [-0.3, -0.25) is 0 Å². The summed E-state index contributed by atoms with van der Waals surface area (Å²) in [6.45, 7) is 1.35. The van der Waals surface area contributed by atoms with Gasteiger partial charge >= 0.3 is 5.97 Å². The molecule has 2 aromatic carbocycles. The van der Waals surface area contributed by atoms with E-state index in [9.17, 15) is 4.79 Å². The Balaban J connectivity index is 1.95. The number of aromatic carboxylic acids is 1. The minimum absolute atomic E-state index is 0.0377. The Bertz CT molecular complexity index is 643. The summed E-state index contributed by atoms with van der Waals surface area (Å²) >= 11 is 3.39. The van der Waals surface area contributed by atoms with E-state index in [0.29, 0.717) is 13.1 Å². The second-order valence-electron chi connectivity index (χ2n) is 4.69. The van der Waals surface area contributed by atoms with Crippen LogP contribution in [0, 0.1) is 0 Å². The maximum Gasteiger partial charge on any atom is 0.335 e. The molecule has 0 amide bonds. The Kier molecular flexibility index (Phi) is 5.50. The quantitative estimate of drug-likeness (QED) is 0.749. The van der Waals surface area contributed by atoms with Gasteiger partial charge in [-0.05, 0) is 28.8 Å². The van der Waals surface area contributed by atoms with Gasteiger partial charge in [0, 0.05) is 17.6 Å². The number of aliphatic hydroxyl groups excluding tert-OH is 1. The summed E-state index contributed by atoms with van der Waals surface area (Å²) in [5.74, 6) is -0.934. The van der Waals surface area contributed by atoms with Crippen molar-refractivity contribution >= 4 is 21.9 Å². The summed E-state index contributed by atoms with van der Waals surface area (Å²) in [6.07, 6.45) is 0. The number of hydrogen-bond donors (Lipinski definition) is 3. The summed E-state index contributed by atoms with van der Waals surface area (Å²) in [7, 11) is 0. The molecule has 2 aromatic rings. The zero-order valence-corrected chi connectivity index (χ0v) is 12.9. The van der Waals surface area contributed by atoms with Gasteiger partial charge in [-0.25, -0.2) is 4.79 Å². The minimum Gasteiger partial charge on any atom is -0.478 e. The molecule has 0 spiro atoms. The molecule has 0 radical (unpaired) electrons. The van der Waals surface area contributed by atoms with Crippen LogP contribution in [-0.2, 0) is 19.7 Å². The molecule has 5 heteroatoms. The van der Waals surface area contributed by atoms with Crippen molar-refractivity contribution in [1.29, 1.82) is 0 Å². The Morgan fingerprint density at radius 2 is 1.86 bits per heavy atom. The molecule has 0 fully saturated rings. The van der Waals surface area contributed by atoms with E-state index in [1.54, 1.807) is 18.2 Å². The fourth-order valence-electron chi connectivity index (χ4n) is 2.00. The zero-order valence-electron chi connectivity index (χ0n) is 11.3. The number of aliphatic hydroxyl groups is 1. The first-order valence-corrected chi connectivity index (χ1v) is 7.30. The average molecular weight is 350 g/mol. The molecule has 0 aliphatic heterocycles. The second-order valence-corrected chi connectivity index (χ2v) is 5.55. The Labute approximate surface area is 131 Å². The standard InChI is InChI=1S/C16H16BrNO3/c17-15-7-13(16(20)21)4-5-14(15)9-18-8-11-2-1-3-12(6-11)10-19/h1-7,18-19H,8-10H2,(H,20,21). The van der Waals surface area contributed by atoms with Crippen LogP contribution in [0.5, 0.6) is 0 Å². The zero-order chi connectivity index (χ0) is 15.2. The van der Waals surface area contributed by atoms with Crippen molar-refractivity contribution in [3.8, 4) is 0 Å². The van der Waals surface area contributed by atoms with Gasteiger partial charge < -0.3 is 15.5 Å².